The van der Waals surface area contributed by atoms with Gasteiger partial charge in [-0.1, -0.05) is 18.2 Å². The highest BCUT2D eigenvalue weighted by atomic mass is 19.4. The van der Waals surface area contributed by atoms with Crippen LogP contribution in [0.4, 0.5) is 13.2 Å². The third-order valence-corrected chi connectivity index (χ3v) is 4.03. The highest BCUT2D eigenvalue weighted by Crippen LogP contribution is 2.35. The average Bonchev–Trinajstić information content (AvgIpc) is 3.05. The molecule has 1 N–H and O–H groups in total. The standard InChI is InChI=1S/C19H16F3NO2/c1-12(16-4-2-3-9-23-16)18-14(11-24)10-17(25-18)13-5-7-15(8-6-13)19(20,21)22/h2-10,12,24H,11H2,1H3. The number of aliphatic hydroxyl groups is 1. The zero-order valence-electron chi connectivity index (χ0n) is 13.4. The summed E-state index contributed by atoms with van der Waals surface area (Å²) in [6.45, 7) is 1.67. The second kappa shape index (κ2) is 6.72. The van der Waals surface area contributed by atoms with Gasteiger partial charge in [0, 0.05) is 17.3 Å². The number of aromatic nitrogens is 1. The fourth-order valence-corrected chi connectivity index (χ4v) is 2.67. The molecule has 0 bridgehead atoms. The summed E-state index contributed by atoms with van der Waals surface area (Å²) in [6.07, 6.45) is -2.71. The maximum atomic E-state index is 12.7. The lowest BCUT2D eigenvalue weighted by Gasteiger charge is -2.10. The summed E-state index contributed by atoms with van der Waals surface area (Å²) in [7, 11) is 0. The van der Waals surface area contributed by atoms with E-state index in [-0.39, 0.29) is 12.5 Å². The van der Waals surface area contributed by atoms with Crippen LogP contribution in [0.25, 0.3) is 11.3 Å². The Hall–Kier alpha value is -2.60. The molecule has 0 amide bonds. The number of pyridine rings is 1. The van der Waals surface area contributed by atoms with Crippen molar-refractivity contribution in [1.82, 2.24) is 4.98 Å². The van der Waals surface area contributed by atoms with Gasteiger partial charge in [0.2, 0.25) is 0 Å². The van der Waals surface area contributed by atoms with Gasteiger partial charge in [-0.2, -0.15) is 13.2 Å². The number of rotatable bonds is 4. The van der Waals surface area contributed by atoms with Gasteiger partial charge in [-0.25, -0.2) is 0 Å². The van der Waals surface area contributed by atoms with Crippen molar-refractivity contribution in [2.75, 3.05) is 0 Å². The van der Waals surface area contributed by atoms with Gasteiger partial charge in [0.25, 0.3) is 0 Å². The summed E-state index contributed by atoms with van der Waals surface area (Å²) in [5.74, 6) is 0.776. The molecule has 25 heavy (non-hydrogen) atoms. The molecular formula is C19H16F3NO2. The molecule has 0 saturated heterocycles. The highest BCUT2D eigenvalue weighted by molar-refractivity contribution is 5.60. The molecule has 0 spiro atoms. The minimum Gasteiger partial charge on any atom is -0.460 e. The molecule has 2 aromatic heterocycles. The zero-order valence-corrected chi connectivity index (χ0v) is 13.4. The van der Waals surface area contributed by atoms with Crippen molar-refractivity contribution < 1.29 is 22.7 Å². The van der Waals surface area contributed by atoms with Crippen LogP contribution in [-0.4, -0.2) is 10.1 Å². The van der Waals surface area contributed by atoms with Crippen LogP contribution >= 0.6 is 0 Å². The molecule has 0 saturated carbocycles. The highest BCUT2D eigenvalue weighted by Gasteiger charge is 2.30. The molecule has 1 aromatic carbocycles. The lowest BCUT2D eigenvalue weighted by molar-refractivity contribution is -0.137. The number of benzene rings is 1. The third kappa shape index (κ3) is 3.58. The molecule has 3 rings (SSSR count). The van der Waals surface area contributed by atoms with Crippen molar-refractivity contribution in [2.45, 2.75) is 25.6 Å². The van der Waals surface area contributed by atoms with Crippen LogP contribution in [0.1, 0.15) is 35.4 Å². The van der Waals surface area contributed by atoms with E-state index in [0.29, 0.717) is 22.6 Å². The van der Waals surface area contributed by atoms with Crippen molar-refractivity contribution >= 4 is 0 Å². The number of hydrogen-bond donors (Lipinski definition) is 1. The summed E-state index contributed by atoms with van der Waals surface area (Å²) < 4.78 is 43.9. The molecule has 2 heterocycles. The molecule has 130 valence electrons. The molecule has 1 unspecified atom stereocenters. The normalized spacial score (nSPS) is 13.0. The fraction of sp³-hybridized carbons (Fsp3) is 0.211. The van der Waals surface area contributed by atoms with E-state index in [1.165, 1.54) is 12.1 Å². The summed E-state index contributed by atoms with van der Waals surface area (Å²) in [5.41, 5.74) is 1.17. The monoisotopic (exact) mass is 347 g/mol. The molecule has 0 aliphatic rings. The Labute approximate surface area is 142 Å². The summed E-state index contributed by atoms with van der Waals surface area (Å²) >= 11 is 0. The van der Waals surface area contributed by atoms with Crippen molar-refractivity contribution in [2.24, 2.45) is 0 Å². The lowest BCUT2D eigenvalue weighted by atomic mass is 10.0. The van der Waals surface area contributed by atoms with Crippen LogP contribution in [0.3, 0.4) is 0 Å². The first-order valence-corrected chi connectivity index (χ1v) is 7.72. The second-order valence-corrected chi connectivity index (χ2v) is 5.71. The number of alkyl halides is 3. The van der Waals surface area contributed by atoms with E-state index in [9.17, 15) is 18.3 Å². The summed E-state index contributed by atoms with van der Waals surface area (Å²) in [6, 6.07) is 11.9. The van der Waals surface area contributed by atoms with Crippen LogP contribution < -0.4 is 0 Å². The van der Waals surface area contributed by atoms with Gasteiger partial charge in [0.15, 0.2) is 0 Å². The van der Waals surface area contributed by atoms with E-state index >= 15 is 0 Å². The maximum absolute atomic E-state index is 12.7. The molecule has 6 heteroatoms. The third-order valence-electron chi connectivity index (χ3n) is 4.03. The largest absolute Gasteiger partial charge is 0.460 e. The van der Waals surface area contributed by atoms with Crippen molar-refractivity contribution in [3.05, 3.63) is 77.3 Å². The predicted molar refractivity (Wildman–Crippen MR) is 86.8 cm³/mol. The molecule has 1 atom stereocenters. The van der Waals surface area contributed by atoms with Crippen molar-refractivity contribution in [3.63, 3.8) is 0 Å². The van der Waals surface area contributed by atoms with E-state index < -0.39 is 11.7 Å². The molecular weight excluding hydrogens is 331 g/mol. The van der Waals surface area contributed by atoms with E-state index in [1.807, 2.05) is 19.1 Å². The maximum Gasteiger partial charge on any atom is 0.416 e. The zero-order chi connectivity index (χ0) is 18.0. The van der Waals surface area contributed by atoms with Gasteiger partial charge in [0.05, 0.1) is 23.8 Å². The van der Waals surface area contributed by atoms with E-state index in [1.54, 1.807) is 18.3 Å². The van der Waals surface area contributed by atoms with Crippen LogP contribution in [0.2, 0.25) is 0 Å². The lowest BCUT2D eigenvalue weighted by Crippen LogP contribution is -2.03. The Morgan fingerprint density at radius 3 is 2.40 bits per heavy atom. The van der Waals surface area contributed by atoms with Crippen LogP contribution in [0, 0.1) is 0 Å². The number of nitrogens with zero attached hydrogens (tertiary/aromatic N) is 1. The number of aliphatic hydroxyl groups excluding tert-OH is 1. The van der Waals surface area contributed by atoms with Gasteiger partial charge in [-0.3, -0.25) is 4.98 Å². The Morgan fingerprint density at radius 2 is 1.84 bits per heavy atom. The smallest absolute Gasteiger partial charge is 0.416 e. The Bertz CT molecular complexity index is 839. The first-order valence-electron chi connectivity index (χ1n) is 7.72. The second-order valence-electron chi connectivity index (χ2n) is 5.71. The Balaban J connectivity index is 1.95. The van der Waals surface area contributed by atoms with E-state index in [0.717, 1.165) is 17.8 Å². The van der Waals surface area contributed by atoms with Gasteiger partial charge >= 0.3 is 6.18 Å². The van der Waals surface area contributed by atoms with E-state index in [2.05, 4.69) is 4.98 Å². The SMILES string of the molecule is CC(c1ccccn1)c1oc(-c2ccc(C(F)(F)F)cc2)cc1CO. The van der Waals surface area contributed by atoms with Crippen LogP contribution in [0.5, 0.6) is 0 Å². The molecule has 0 aliphatic heterocycles. The van der Waals surface area contributed by atoms with Gasteiger partial charge in [-0.15, -0.1) is 0 Å². The first-order chi connectivity index (χ1) is 11.9. The number of halogens is 3. The molecule has 0 aliphatic carbocycles. The van der Waals surface area contributed by atoms with Crippen LogP contribution in [-0.2, 0) is 12.8 Å². The molecule has 3 nitrogen and oxygen atoms in total. The molecule has 0 fully saturated rings. The van der Waals surface area contributed by atoms with Gasteiger partial charge < -0.3 is 9.52 Å². The number of furan rings is 1. The summed E-state index contributed by atoms with van der Waals surface area (Å²) in [4.78, 5) is 4.28. The quantitative estimate of drug-likeness (QED) is 0.722. The summed E-state index contributed by atoms with van der Waals surface area (Å²) in [5, 5.41) is 9.60. The van der Waals surface area contributed by atoms with Crippen molar-refractivity contribution in [1.29, 1.82) is 0 Å². The van der Waals surface area contributed by atoms with Crippen molar-refractivity contribution in [3.8, 4) is 11.3 Å². The van der Waals surface area contributed by atoms with E-state index in [4.69, 9.17) is 4.42 Å². The average molecular weight is 347 g/mol. The molecule has 3 aromatic rings. The fourth-order valence-electron chi connectivity index (χ4n) is 2.67. The minimum absolute atomic E-state index is 0.188. The topological polar surface area (TPSA) is 46.3 Å². The number of hydrogen-bond acceptors (Lipinski definition) is 3. The first kappa shape index (κ1) is 17.2. The Morgan fingerprint density at radius 1 is 1.12 bits per heavy atom. The predicted octanol–water partition coefficient (Wildman–Crippen LogP) is 5.00. The van der Waals surface area contributed by atoms with Gasteiger partial charge in [-0.05, 0) is 37.3 Å². The Kier molecular flexibility index (Phi) is 4.63. The van der Waals surface area contributed by atoms with Crippen LogP contribution in [0.15, 0.2) is 59.1 Å². The van der Waals surface area contributed by atoms with Gasteiger partial charge in [0.1, 0.15) is 11.5 Å². The molecule has 0 radical (unpaired) electrons. The minimum atomic E-state index is -4.38.